The third-order valence-electron chi connectivity index (χ3n) is 3.82. The lowest BCUT2D eigenvalue weighted by Gasteiger charge is -2.18. The first-order chi connectivity index (χ1) is 11.7. The molecular weight excluding hydrogens is 318 g/mol. The predicted octanol–water partition coefficient (Wildman–Crippen LogP) is 0.114. The smallest absolute Gasteiger partial charge is 0.250 e. The number of aromatic amines is 1. The first-order valence-corrected chi connectivity index (χ1v) is 7.41. The summed E-state index contributed by atoms with van der Waals surface area (Å²) in [4.78, 5) is 15.0. The van der Waals surface area contributed by atoms with Crippen molar-refractivity contribution in [3.05, 3.63) is 34.1 Å². The van der Waals surface area contributed by atoms with Crippen LogP contribution in [0.3, 0.4) is 0 Å². The van der Waals surface area contributed by atoms with Crippen molar-refractivity contribution in [3.8, 4) is 11.5 Å². The van der Waals surface area contributed by atoms with E-state index in [0.717, 1.165) is 5.69 Å². The summed E-state index contributed by atoms with van der Waals surface area (Å²) in [6, 6.07) is 4.04. The maximum atomic E-state index is 11.0. The van der Waals surface area contributed by atoms with Crippen molar-refractivity contribution in [2.45, 2.75) is 12.1 Å². The van der Waals surface area contributed by atoms with Gasteiger partial charge in [-0.05, 0) is 12.1 Å². The van der Waals surface area contributed by atoms with E-state index in [1.165, 1.54) is 0 Å². The summed E-state index contributed by atoms with van der Waals surface area (Å²) in [5, 5.41) is 20.9. The Hall–Kier alpha value is -2.92. The van der Waals surface area contributed by atoms with E-state index in [4.69, 9.17) is 9.47 Å². The minimum Gasteiger partial charge on any atom is -0.486 e. The van der Waals surface area contributed by atoms with Gasteiger partial charge in [-0.1, -0.05) is 0 Å². The van der Waals surface area contributed by atoms with E-state index >= 15 is 0 Å². The summed E-state index contributed by atoms with van der Waals surface area (Å²) >= 11 is 0. The van der Waals surface area contributed by atoms with Crippen molar-refractivity contribution in [2.24, 2.45) is 0 Å². The van der Waals surface area contributed by atoms with Gasteiger partial charge in [0.15, 0.2) is 17.3 Å². The SMILES string of the molecule is O=[N+]([O-])C1CNNC1c1nc(Nc2ccc3c(c2)OCCO3)n[nH]1. The van der Waals surface area contributed by atoms with Crippen LogP contribution in [0.1, 0.15) is 11.9 Å². The molecule has 4 rings (SSSR count). The van der Waals surface area contributed by atoms with Crippen molar-refractivity contribution in [1.82, 2.24) is 26.0 Å². The van der Waals surface area contributed by atoms with Crippen molar-refractivity contribution in [1.29, 1.82) is 0 Å². The number of nitrogens with zero attached hydrogens (tertiary/aromatic N) is 3. The quantitative estimate of drug-likeness (QED) is 0.453. The van der Waals surface area contributed by atoms with Gasteiger partial charge in [0.05, 0.1) is 6.54 Å². The fraction of sp³-hybridized carbons (Fsp3) is 0.385. The van der Waals surface area contributed by atoms with E-state index in [0.29, 0.717) is 36.5 Å². The van der Waals surface area contributed by atoms with Crippen molar-refractivity contribution >= 4 is 11.6 Å². The van der Waals surface area contributed by atoms with Crippen LogP contribution in [-0.4, -0.2) is 45.9 Å². The Balaban J connectivity index is 1.50. The fourth-order valence-electron chi connectivity index (χ4n) is 2.65. The summed E-state index contributed by atoms with van der Waals surface area (Å²) in [5.41, 5.74) is 6.33. The molecule has 11 heteroatoms. The Morgan fingerprint density at radius 2 is 2.12 bits per heavy atom. The zero-order valence-corrected chi connectivity index (χ0v) is 12.5. The lowest BCUT2D eigenvalue weighted by atomic mass is 10.1. The number of hydrogen-bond acceptors (Lipinski definition) is 9. The molecule has 2 atom stereocenters. The number of aromatic nitrogens is 3. The van der Waals surface area contributed by atoms with Gasteiger partial charge in [-0.3, -0.25) is 15.2 Å². The molecule has 4 N–H and O–H groups in total. The number of fused-ring (bicyclic) bond motifs is 1. The molecule has 0 amide bonds. The number of rotatable bonds is 4. The number of anilines is 2. The Morgan fingerprint density at radius 3 is 2.96 bits per heavy atom. The maximum Gasteiger partial charge on any atom is 0.250 e. The average molecular weight is 333 g/mol. The van der Waals surface area contributed by atoms with E-state index in [-0.39, 0.29) is 11.5 Å². The first kappa shape index (κ1) is 14.7. The van der Waals surface area contributed by atoms with Crippen molar-refractivity contribution in [3.63, 3.8) is 0 Å². The third-order valence-corrected chi connectivity index (χ3v) is 3.82. The summed E-state index contributed by atoms with van der Waals surface area (Å²) in [7, 11) is 0. The molecule has 1 fully saturated rings. The van der Waals surface area contributed by atoms with E-state index in [9.17, 15) is 10.1 Å². The third kappa shape index (κ3) is 2.70. The molecule has 1 saturated heterocycles. The highest BCUT2D eigenvalue weighted by Crippen LogP contribution is 2.33. The van der Waals surface area contributed by atoms with Gasteiger partial charge in [0.2, 0.25) is 12.0 Å². The number of H-pyrrole nitrogens is 1. The lowest BCUT2D eigenvalue weighted by molar-refractivity contribution is -0.521. The van der Waals surface area contributed by atoms with Crippen LogP contribution in [0.4, 0.5) is 11.6 Å². The normalized spacial score (nSPS) is 22.3. The van der Waals surface area contributed by atoms with Gasteiger partial charge < -0.3 is 14.8 Å². The van der Waals surface area contributed by atoms with Crippen LogP contribution in [0.2, 0.25) is 0 Å². The van der Waals surface area contributed by atoms with E-state index < -0.39 is 12.1 Å². The molecule has 2 aromatic rings. The minimum atomic E-state index is -0.805. The van der Waals surface area contributed by atoms with Gasteiger partial charge in [-0.15, -0.1) is 5.10 Å². The summed E-state index contributed by atoms with van der Waals surface area (Å²) in [5.74, 6) is 2.05. The van der Waals surface area contributed by atoms with Crippen LogP contribution in [0.15, 0.2) is 18.2 Å². The van der Waals surface area contributed by atoms with Crippen LogP contribution in [-0.2, 0) is 0 Å². The summed E-state index contributed by atoms with van der Waals surface area (Å²) < 4.78 is 11.0. The number of nitro groups is 1. The molecular formula is C13H15N7O4. The predicted molar refractivity (Wildman–Crippen MR) is 81.8 cm³/mol. The maximum absolute atomic E-state index is 11.0. The second-order valence-electron chi connectivity index (χ2n) is 5.38. The van der Waals surface area contributed by atoms with Crippen LogP contribution in [0.5, 0.6) is 11.5 Å². The molecule has 0 spiro atoms. The Labute approximate surface area is 135 Å². The van der Waals surface area contributed by atoms with Crippen molar-refractivity contribution < 1.29 is 14.4 Å². The van der Waals surface area contributed by atoms with Gasteiger partial charge in [0.25, 0.3) is 0 Å². The van der Waals surface area contributed by atoms with Crippen LogP contribution >= 0.6 is 0 Å². The fourth-order valence-corrected chi connectivity index (χ4v) is 2.65. The largest absolute Gasteiger partial charge is 0.486 e. The molecule has 24 heavy (non-hydrogen) atoms. The van der Waals surface area contributed by atoms with Gasteiger partial charge in [-0.2, -0.15) is 4.98 Å². The number of hydrazine groups is 1. The number of benzene rings is 1. The van der Waals surface area contributed by atoms with E-state index in [1.54, 1.807) is 12.1 Å². The standard InChI is InChI=1S/C13H15N7O4/c21-20(22)8-6-14-17-11(8)12-16-13(19-18-12)15-7-1-2-9-10(5-7)24-4-3-23-9/h1-2,5,8,11,14,17H,3-4,6H2,(H2,15,16,18,19). The molecule has 2 aliphatic heterocycles. The topological polar surface area (TPSA) is 139 Å². The monoisotopic (exact) mass is 333 g/mol. The molecule has 1 aromatic carbocycles. The second-order valence-corrected chi connectivity index (χ2v) is 5.38. The van der Waals surface area contributed by atoms with Gasteiger partial charge in [-0.25, -0.2) is 10.9 Å². The van der Waals surface area contributed by atoms with Crippen LogP contribution < -0.4 is 25.6 Å². The molecule has 126 valence electrons. The molecule has 2 unspecified atom stereocenters. The molecule has 1 aromatic heterocycles. The number of ether oxygens (including phenoxy) is 2. The summed E-state index contributed by atoms with van der Waals surface area (Å²) in [6.07, 6.45) is 0. The average Bonchev–Trinajstić information content (AvgIpc) is 3.23. The van der Waals surface area contributed by atoms with Crippen LogP contribution in [0.25, 0.3) is 0 Å². The lowest BCUT2D eigenvalue weighted by Crippen LogP contribution is -2.30. The Bertz CT molecular complexity index is 765. The first-order valence-electron chi connectivity index (χ1n) is 7.41. The Morgan fingerprint density at radius 1 is 1.29 bits per heavy atom. The highest BCUT2D eigenvalue weighted by Gasteiger charge is 2.39. The molecule has 3 heterocycles. The summed E-state index contributed by atoms with van der Waals surface area (Å²) in [6.45, 7) is 1.26. The molecule has 0 saturated carbocycles. The van der Waals surface area contributed by atoms with Crippen LogP contribution in [0, 0.1) is 10.1 Å². The molecule has 11 nitrogen and oxygen atoms in total. The highest BCUT2D eigenvalue weighted by atomic mass is 16.6. The number of hydrogen-bond donors (Lipinski definition) is 4. The zero-order chi connectivity index (χ0) is 16.5. The van der Waals surface area contributed by atoms with Crippen molar-refractivity contribution in [2.75, 3.05) is 25.1 Å². The van der Waals surface area contributed by atoms with E-state index in [1.807, 2.05) is 6.07 Å². The molecule has 0 bridgehead atoms. The zero-order valence-electron chi connectivity index (χ0n) is 12.5. The molecule has 2 aliphatic rings. The second kappa shape index (κ2) is 5.94. The Kier molecular flexibility index (Phi) is 3.63. The van der Waals surface area contributed by atoms with E-state index in [2.05, 4.69) is 31.3 Å². The van der Waals surface area contributed by atoms with Gasteiger partial charge in [0.1, 0.15) is 19.3 Å². The van der Waals surface area contributed by atoms with Gasteiger partial charge >= 0.3 is 0 Å². The highest BCUT2D eigenvalue weighted by molar-refractivity contribution is 5.59. The molecule has 0 radical (unpaired) electrons. The molecule has 0 aliphatic carbocycles. The van der Waals surface area contributed by atoms with Gasteiger partial charge in [0, 0.05) is 16.7 Å². The minimum absolute atomic E-state index is 0.225. The number of nitrogens with one attached hydrogen (secondary N) is 4.